The average Bonchev–Trinajstić information content (AvgIpc) is 3.08. The maximum absolute atomic E-state index is 12.3. The summed E-state index contributed by atoms with van der Waals surface area (Å²) < 4.78 is 0. The molecule has 0 aromatic rings. The van der Waals surface area contributed by atoms with Crippen molar-refractivity contribution >= 4 is 5.78 Å². The van der Waals surface area contributed by atoms with E-state index in [0.29, 0.717) is 16.6 Å². The highest BCUT2D eigenvalue weighted by molar-refractivity contribution is 5.80. The fraction of sp³-hybridized carbons (Fsp3) is 0.966. The lowest BCUT2D eigenvalue weighted by molar-refractivity contribution is -0.136. The number of Topliss-reactive ketones (excluding diaryl/α,β-unsaturated/α-hetero) is 1. The van der Waals surface area contributed by atoms with Gasteiger partial charge in [-0.1, -0.05) is 53.9 Å². The Kier molecular flexibility index (Phi) is 6.78. The van der Waals surface area contributed by atoms with Crippen LogP contribution < -0.4 is 0 Å². The molecule has 8 unspecified atom stereocenters. The van der Waals surface area contributed by atoms with Gasteiger partial charge in [-0.15, -0.1) is 0 Å². The first-order valence-electron chi connectivity index (χ1n) is 13.9. The van der Waals surface area contributed by atoms with Gasteiger partial charge in [-0.2, -0.15) is 0 Å². The number of carbonyl (C=O) groups excluding carboxylic acids is 1. The Morgan fingerprint density at radius 3 is 2.43 bits per heavy atom. The van der Waals surface area contributed by atoms with Crippen molar-refractivity contribution in [2.24, 2.45) is 52.3 Å². The van der Waals surface area contributed by atoms with Gasteiger partial charge in [0.2, 0.25) is 0 Å². The zero-order valence-electron chi connectivity index (χ0n) is 20.8. The first-order chi connectivity index (χ1) is 14.3. The summed E-state index contributed by atoms with van der Waals surface area (Å²) in [7, 11) is 0. The van der Waals surface area contributed by atoms with E-state index in [1.54, 1.807) is 6.42 Å². The summed E-state index contributed by atoms with van der Waals surface area (Å²) in [6.07, 6.45) is 19.2. The van der Waals surface area contributed by atoms with Crippen LogP contribution in [0.3, 0.4) is 0 Å². The molecule has 4 rings (SSSR count). The highest BCUT2D eigenvalue weighted by Gasteiger charge is 2.60. The van der Waals surface area contributed by atoms with E-state index in [-0.39, 0.29) is 5.92 Å². The van der Waals surface area contributed by atoms with E-state index in [2.05, 4.69) is 34.6 Å². The van der Waals surface area contributed by atoms with Gasteiger partial charge in [-0.05, 0) is 111 Å². The zero-order valence-corrected chi connectivity index (χ0v) is 20.8. The van der Waals surface area contributed by atoms with Crippen LogP contribution in [0.1, 0.15) is 125 Å². The minimum atomic E-state index is 0.268. The lowest BCUT2D eigenvalue weighted by atomic mass is 9.42. The topological polar surface area (TPSA) is 17.1 Å². The minimum Gasteiger partial charge on any atom is -0.299 e. The number of hydrogen-bond acceptors (Lipinski definition) is 1. The van der Waals surface area contributed by atoms with Gasteiger partial charge in [0.25, 0.3) is 0 Å². The van der Waals surface area contributed by atoms with E-state index >= 15 is 0 Å². The largest absolute Gasteiger partial charge is 0.299 e. The summed E-state index contributed by atoms with van der Waals surface area (Å²) in [6, 6.07) is 0. The number of rotatable bonds is 7. The van der Waals surface area contributed by atoms with E-state index in [0.717, 1.165) is 54.8 Å². The average molecular weight is 415 g/mol. The van der Waals surface area contributed by atoms with Gasteiger partial charge in [-0.3, -0.25) is 4.79 Å². The quantitative estimate of drug-likeness (QED) is 0.408. The Morgan fingerprint density at radius 1 is 0.933 bits per heavy atom. The molecule has 0 aliphatic heterocycles. The van der Waals surface area contributed by atoms with Gasteiger partial charge in [0.1, 0.15) is 5.78 Å². The maximum atomic E-state index is 12.3. The maximum Gasteiger partial charge on any atom is 0.135 e. The van der Waals surface area contributed by atoms with Crippen molar-refractivity contribution in [3.8, 4) is 0 Å². The fourth-order valence-corrected chi connectivity index (χ4v) is 9.60. The zero-order chi connectivity index (χ0) is 21.5. The van der Waals surface area contributed by atoms with Gasteiger partial charge in [0.15, 0.2) is 0 Å². The second-order valence-corrected chi connectivity index (χ2v) is 12.6. The number of ketones is 1. The third-order valence-corrected chi connectivity index (χ3v) is 11.6. The summed E-state index contributed by atoms with van der Waals surface area (Å²) in [5.41, 5.74) is 1.21. The van der Waals surface area contributed by atoms with Crippen molar-refractivity contribution < 1.29 is 4.79 Å². The van der Waals surface area contributed by atoms with Crippen LogP contribution in [-0.2, 0) is 4.79 Å². The van der Waals surface area contributed by atoms with E-state index in [1.807, 2.05) is 0 Å². The molecule has 0 aromatic carbocycles. The van der Waals surface area contributed by atoms with Crippen LogP contribution in [-0.4, -0.2) is 5.78 Å². The molecule has 0 amide bonds. The van der Waals surface area contributed by atoms with E-state index in [4.69, 9.17) is 0 Å². The Hall–Kier alpha value is -0.330. The summed E-state index contributed by atoms with van der Waals surface area (Å²) in [6.45, 7) is 12.1. The van der Waals surface area contributed by atoms with Gasteiger partial charge >= 0.3 is 0 Å². The Morgan fingerprint density at radius 2 is 1.70 bits per heavy atom. The normalized spacial score (nSPS) is 46.6. The molecule has 0 aromatic heterocycles. The van der Waals surface area contributed by atoms with Crippen LogP contribution in [0.2, 0.25) is 0 Å². The molecule has 1 heteroatoms. The smallest absolute Gasteiger partial charge is 0.135 e. The predicted molar refractivity (Wildman–Crippen MR) is 127 cm³/mol. The van der Waals surface area contributed by atoms with E-state index < -0.39 is 0 Å². The fourth-order valence-electron chi connectivity index (χ4n) is 9.60. The highest BCUT2D eigenvalue weighted by atomic mass is 16.1. The molecule has 4 aliphatic carbocycles. The van der Waals surface area contributed by atoms with Crippen molar-refractivity contribution in [1.82, 2.24) is 0 Å². The summed E-state index contributed by atoms with van der Waals surface area (Å²) in [5, 5.41) is 0. The molecule has 0 N–H and O–H groups in total. The van der Waals surface area contributed by atoms with Gasteiger partial charge in [0, 0.05) is 12.3 Å². The molecule has 172 valence electrons. The van der Waals surface area contributed by atoms with Crippen LogP contribution in [0, 0.1) is 52.3 Å². The van der Waals surface area contributed by atoms with Crippen molar-refractivity contribution in [2.45, 2.75) is 125 Å². The van der Waals surface area contributed by atoms with Crippen molar-refractivity contribution in [1.29, 1.82) is 0 Å². The molecule has 0 spiro atoms. The predicted octanol–water partition coefficient (Wildman–Crippen LogP) is 8.46. The molecule has 30 heavy (non-hydrogen) atoms. The molecule has 0 heterocycles. The minimum absolute atomic E-state index is 0.268. The van der Waals surface area contributed by atoms with Gasteiger partial charge in [-0.25, -0.2) is 0 Å². The van der Waals surface area contributed by atoms with Crippen molar-refractivity contribution in [3.05, 3.63) is 0 Å². The van der Waals surface area contributed by atoms with Crippen molar-refractivity contribution in [3.63, 3.8) is 0 Å². The number of carbonyl (C=O) groups is 1. The molecule has 4 saturated carbocycles. The molecule has 0 radical (unpaired) electrons. The molecule has 1 nitrogen and oxygen atoms in total. The molecular formula is C29H50O. The first kappa shape index (κ1) is 22.8. The third kappa shape index (κ3) is 3.73. The molecule has 0 saturated heterocycles. The first-order valence-corrected chi connectivity index (χ1v) is 13.9. The molecule has 4 aliphatic rings. The Bertz CT molecular complexity index is 609. The molecular weight excluding hydrogens is 364 g/mol. The Labute approximate surface area is 187 Å². The van der Waals surface area contributed by atoms with E-state index in [1.165, 1.54) is 64.2 Å². The summed E-state index contributed by atoms with van der Waals surface area (Å²) in [4.78, 5) is 12.3. The second kappa shape index (κ2) is 8.90. The van der Waals surface area contributed by atoms with E-state index in [9.17, 15) is 4.79 Å². The molecule has 9 atom stereocenters. The number of fused-ring (bicyclic) bond motifs is 5. The molecule has 0 bridgehead atoms. The van der Waals surface area contributed by atoms with Crippen LogP contribution in [0.4, 0.5) is 0 Å². The summed E-state index contributed by atoms with van der Waals surface area (Å²) >= 11 is 0. The van der Waals surface area contributed by atoms with Crippen LogP contribution in [0.5, 0.6) is 0 Å². The van der Waals surface area contributed by atoms with Crippen LogP contribution in [0.15, 0.2) is 0 Å². The molecule has 4 fully saturated rings. The lowest BCUT2D eigenvalue weighted by Crippen LogP contribution is -2.55. The monoisotopic (exact) mass is 414 g/mol. The van der Waals surface area contributed by atoms with Crippen molar-refractivity contribution in [2.75, 3.05) is 0 Å². The van der Waals surface area contributed by atoms with Crippen LogP contribution >= 0.6 is 0 Å². The number of hydrogen-bond donors (Lipinski definition) is 0. The Balaban J connectivity index is 1.45. The van der Waals surface area contributed by atoms with Gasteiger partial charge in [0.05, 0.1) is 0 Å². The highest BCUT2D eigenvalue weighted by Crippen LogP contribution is 2.69. The SMILES string of the molecule is CCC(C)C(=O)CCCC1CCC2C3C[C@H](CC)C4CCCCC4(C)C3CCC12C. The second-order valence-electron chi connectivity index (χ2n) is 12.6. The summed E-state index contributed by atoms with van der Waals surface area (Å²) in [5.74, 6) is 6.65. The third-order valence-electron chi connectivity index (χ3n) is 11.6. The standard InChI is InChI=1S/C29H50O/c1-6-20(3)27(30)13-10-11-22-14-15-25-23-19-21(7-2)24-12-8-9-17-29(24,5)26(23)16-18-28(22,25)4/h20-26H,6-19H2,1-5H3/t20?,21-,22?,23?,24?,25?,26?,28?,29?/m0/s1. The van der Waals surface area contributed by atoms with Crippen LogP contribution in [0.25, 0.3) is 0 Å². The van der Waals surface area contributed by atoms with Gasteiger partial charge < -0.3 is 0 Å². The lowest BCUT2D eigenvalue weighted by Gasteiger charge is -2.62.